The molecular weight excluding hydrogens is 350 g/mol. The fraction of sp³-hybridized carbons (Fsp3) is 0.526. The van der Waals surface area contributed by atoms with E-state index in [1.54, 1.807) is 18.3 Å². The van der Waals surface area contributed by atoms with Gasteiger partial charge in [-0.05, 0) is 51.3 Å². The minimum atomic E-state index is -0.543. The molecule has 0 saturated carbocycles. The van der Waals surface area contributed by atoms with Crippen LogP contribution in [0.1, 0.15) is 57.6 Å². The molecule has 3 rings (SSSR count). The zero-order chi connectivity index (χ0) is 18.5. The standard InChI is InChI=1S/C19H25N3O3S/c1-12-9-15(14-5-3-7-20-10-14)25-19(24)17(12)18(23)21-8-4-6-16-22-13(2)11-26-16/h9,11,14,20H,3-8,10H2,1-2H3,(H,21,23). The van der Waals surface area contributed by atoms with Gasteiger partial charge in [-0.3, -0.25) is 4.79 Å². The Bertz CT molecular complexity index is 822. The van der Waals surface area contributed by atoms with Crippen molar-refractivity contribution in [2.45, 2.75) is 45.4 Å². The molecule has 0 radical (unpaired) electrons. The van der Waals surface area contributed by atoms with Crippen LogP contribution in [0.5, 0.6) is 0 Å². The van der Waals surface area contributed by atoms with Gasteiger partial charge in [0, 0.05) is 36.5 Å². The van der Waals surface area contributed by atoms with E-state index in [1.165, 1.54) is 0 Å². The Balaban J connectivity index is 1.59. The summed E-state index contributed by atoms with van der Waals surface area (Å²) >= 11 is 1.63. The second-order valence-electron chi connectivity index (χ2n) is 6.78. The summed E-state index contributed by atoms with van der Waals surface area (Å²) < 4.78 is 5.46. The van der Waals surface area contributed by atoms with Crippen LogP contribution in [-0.2, 0) is 6.42 Å². The minimum Gasteiger partial charge on any atom is -0.427 e. The zero-order valence-electron chi connectivity index (χ0n) is 15.3. The van der Waals surface area contributed by atoms with Crippen molar-refractivity contribution in [3.05, 3.63) is 49.5 Å². The number of hydrogen-bond donors (Lipinski definition) is 2. The predicted molar refractivity (Wildman–Crippen MR) is 102 cm³/mol. The first kappa shape index (κ1) is 18.8. The maximum Gasteiger partial charge on any atom is 0.349 e. The van der Waals surface area contributed by atoms with Gasteiger partial charge in [-0.25, -0.2) is 9.78 Å². The van der Waals surface area contributed by atoms with E-state index in [9.17, 15) is 9.59 Å². The van der Waals surface area contributed by atoms with Crippen LogP contribution in [0.15, 0.2) is 20.7 Å². The van der Waals surface area contributed by atoms with Crippen LogP contribution in [0.4, 0.5) is 0 Å². The van der Waals surface area contributed by atoms with Crippen molar-refractivity contribution in [2.75, 3.05) is 19.6 Å². The molecule has 3 heterocycles. The van der Waals surface area contributed by atoms with E-state index in [-0.39, 0.29) is 17.4 Å². The Morgan fingerprint density at radius 3 is 2.96 bits per heavy atom. The number of thiazole rings is 1. The first-order chi connectivity index (χ1) is 12.5. The Labute approximate surface area is 157 Å². The number of rotatable bonds is 6. The predicted octanol–water partition coefficient (Wildman–Crippen LogP) is 2.54. The molecule has 140 valence electrons. The number of nitrogens with one attached hydrogen (secondary N) is 2. The van der Waals surface area contributed by atoms with Crippen LogP contribution >= 0.6 is 11.3 Å². The lowest BCUT2D eigenvalue weighted by Gasteiger charge is -2.22. The molecule has 2 aromatic rings. The summed E-state index contributed by atoms with van der Waals surface area (Å²) in [6, 6.07) is 1.84. The van der Waals surface area contributed by atoms with E-state index in [1.807, 2.05) is 18.4 Å². The van der Waals surface area contributed by atoms with Gasteiger partial charge in [0.25, 0.3) is 5.91 Å². The van der Waals surface area contributed by atoms with Crippen molar-refractivity contribution in [1.82, 2.24) is 15.6 Å². The van der Waals surface area contributed by atoms with Crippen LogP contribution in [0.25, 0.3) is 0 Å². The molecule has 0 bridgehead atoms. The zero-order valence-corrected chi connectivity index (χ0v) is 16.1. The van der Waals surface area contributed by atoms with Gasteiger partial charge >= 0.3 is 5.63 Å². The summed E-state index contributed by atoms with van der Waals surface area (Å²) in [6.45, 7) is 6.08. The molecule has 1 aliphatic heterocycles. The second kappa shape index (κ2) is 8.60. The van der Waals surface area contributed by atoms with Crippen molar-refractivity contribution < 1.29 is 9.21 Å². The number of amides is 1. The normalized spacial score (nSPS) is 17.2. The van der Waals surface area contributed by atoms with Gasteiger partial charge < -0.3 is 15.1 Å². The van der Waals surface area contributed by atoms with E-state index < -0.39 is 5.63 Å². The minimum absolute atomic E-state index is 0.114. The molecule has 1 unspecified atom stereocenters. The molecule has 2 N–H and O–H groups in total. The Morgan fingerprint density at radius 2 is 2.31 bits per heavy atom. The second-order valence-corrected chi connectivity index (χ2v) is 7.72. The molecule has 1 fully saturated rings. The van der Waals surface area contributed by atoms with E-state index in [4.69, 9.17) is 4.42 Å². The molecule has 26 heavy (non-hydrogen) atoms. The van der Waals surface area contributed by atoms with Gasteiger partial charge in [-0.2, -0.15) is 0 Å². The molecule has 1 amide bonds. The van der Waals surface area contributed by atoms with Gasteiger partial charge in [-0.15, -0.1) is 11.3 Å². The molecule has 6 nitrogen and oxygen atoms in total. The maximum absolute atomic E-state index is 12.4. The largest absolute Gasteiger partial charge is 0.427 e. The first-order valence-electron chi connectivity index (χ1n) is 9.09. The first-order valence-corrected chi connectivity index (χ1v) is 9.97. The molecule has 2 aromatic heterocycles. The molecule has 0 aromatic carbocycles. The quantitative estimate of drug-likeness (QED) is 0.758. The summed E-state index contributed by atoms with van der Waals surface area (Å²) in [5.74, 6) is 0.518. The highest BCUT2D eigenvalue weighted by molar-refractivity contribution is 7.09. The van der Waals surface area contributed by atoms with E-state index in [0.29, 0.717) is 17.9 Å². The number of hydrogen-bond acceptors (Lipinski definition) is 6. The fourth-order valence-electron chi connectivity index (χ4n) is 3.25. The van der Waals surface area contributed by atoms with Gasteiger partial charge in [-0.1, -0.05) is 0 Å². The van der Waals surface area contributed by atoms with Crippen molar-refractivity contribution in [3.8, 4) is 0 Å². The van der Waals surface area contributed by atoms with Crippen LogP contribution in [0.3, 0.4) is 0 Å². The van der Waals surface area contributed by atoms with Crippen LogP contribution in [0.2, 0.25) is 0 Å². The van der Waals surface area contributed by atoms with E-state index >= 15 is 0 Å². The highest BCUT2D eigenvalue weighted by Crippen LogP contribution is 2.23. The monoisotopic (exact) mass is 375 g/mol. The number of nitrogens with zero attached hydrogens (tertiary/aromatic N) is 1. The lowest BCUT2D eigenvalue weighted by atomic mass is 9.95. The van der Waals surface area contributed by atoms with Crippen molar-refractivity contribution >= 4 is 17.2 Å². The highest BCUT2D eigenvalue weighted by Gasteiger charge is 2.22. The summed E-state index contributed by atoms with van der Waals surface area (Å²) in [4.78, 5) is 29.1. The Kier molecular flexibility index (Phi) is 6.21. The number of piperidine rings is 1. The van der Waals surface area contributed by atoms with Gasteiger partial charge in [0.2, 0.25) is 0 Å². The Morgan fingerprint density at radius 1 is 1.46 bits per heavy atom. The molecule has 0 aliphatic carbocycles. The smallest absolute Gasteiger partial charge is 0.349 e. The van der Waals surface area contributed by atoms with Crippen LogP contribution in [0, 0.1) is 13.8 Å². The molecule has 1 saturated heterocycles. The lowest BCUT2D eigenvalue weighted by molar-refractivity contribution is 0.0948. The van der Waals surface area contributed by atoms with Crippen molar-refractivity contribution in [1.29, 1.82) is 0 Å². The Hall–Kier alpha value is -1.99. The van der Waals surface area contributed by atoms with Crippen LogP contribution < -0.4 is 16.3 Å². The topological polar surface area (TPSA) is 84.2 Å². The number of carbonyl (C=O) groups is 1. The number of aryl methyl sites for hydroxylation is 3. The third-order valence-electron chi connectivity index (χ3n) is 4.61. The average Bonchev–Trinajstić information content (AvgIpc) is 3.04. The summed E-state index contributed by atoms with van der Waals surface area (Å²) in [5, 5.41) is 9.22. The van der Waals surface area contributed by atoms with Gasteiger partial charge in [0.15, 0.2) is 0 Å². The molecule has 1 atom stereocenters. The summed E-state index contributed by atoms with van der Waals surface area (Å²) in [7, 11) is 0. The molecular formula is C19H25N3O3S. The van der Waals surface area contributed by atoms with Gasteiger partial charge in [0.1, 0.15) is 11.3 Å². The summed E-state index contributed by atoms with van der Waals surface area (Å²) in [6.07, 6.45) is 3.67. The van der Waals surface area contributed by atoms with E-state index in [0.717, 1.165) is 49.5 Å². The summed E-state index contributed by atoms with van der Waals surface area (Å²) in [5.41, 5.74) is 1.27. The van der Waals surface area contributed by atoms with E-state index in [2.05, 4.69) is 15.6 Å². The highest BCUT2D eigenvalue weighted by atomic mass is 32.1. The third kappa shape index (κ3) is 4.59. The lowest BCUT2D eigenvalue weighted by Crippen LogP contribution is -2.32. The maximum atomic E-state index is 12.4. The fourth-order valence-corrected chi connectivity index (χ4v) is 4.07. The molecule has 0 spiro atoms. The molecule has 1 aliphatic rings. The van der Waals surface area contributed by atoms with Gasteiger partial charge in [0.05, 0.1) is 5.01 Å². The van der Waals surface area contributed by atoms with Crippen molar-refractivity contribution in [2.24, 2.45) is 0 Å². The van der Waals surface area contributed by atoms with Crippen molar-refractivity contribution in [3.63, 3.8) is 0 Å². The third-order valence-corrected chi connectivity index (χ3v) is 5.64. The van der Waals surface area contributed by atoms with Crippen LogP contribution in [-0.4, -0.2) is 30.5 Å². The SMILES string of the molecule is Cc1csc(CCCNC(=O)c2c(C)cc(C3CCCNC3)oc2=O)n1. The number of aromatic nitrogens is 1. The molecule has 7 heteroatoms. The average molecular weight is 375 g/mol. The number of carbonyl (C=O) groups excluding carboxylic acids is 1.